The minimum Gasteiger partial charge on any atom is -0.449 e. The Hall–Kier alpha value is -3.24. The van der Waals surface area contributed by atoms with Crippen molar-refractivity contribution in [3.05, 3.63) is 40.3 Å². The van der Waals surface area contributed by atoms with Gasteiger partial charge in [0.1, 0.15) is 18.2 Å². The van der Waals surface area contributed by atoms with Crippen LogP contribution in [-0.4, -0.2) is 24.2 Å². The van der Waals surface area contributed by atoms with Crippen LogP contribution in [0.15, 0.2) is 29.4 Å². The lowest BCUT2D eigenvalue weighted by atomic mass is 10.1. The highest BCUT2D eigenvalue weighted by Gasteiger charge is 2.31. The number of benzene rings is 1. The largest absolute Gasteiger partial charge is 0.449 e. The Kier molecular flexibility index (Phi) is 6.40. The molecule has 0 bridgehead atoms. The number of carbonyl (C=O) groups excluding carboxylic acids is 2. The molecule has 0 aliphatic carbocycles. The third kappa shape index (κ3) is 5.95. The fourth-order valence-electron chi connectivity index (χ4n) is 1.48. The summed E-state index contributed by atoms with van der Waals surface area (Å²) in [6, 6.07) is 8.12. The summed E-state index contributed by atoms with van der Waals surface area (Å²) in [6.45, 7) is 2.45. The van der Waals surface area contributed by atoms with Crippen LogP contribution in [0.25, 0.3) is 10.4 Å². The normalized spacial score (nSPS) is 9.96. The van der Waals surface area contributed by atoms with E-state index in [-0.39, 0.29) is 6.61 Å². The predicted octanol–water partition coefficient (Wildman–Crippen LogP) is 2.70. The Morgan fingerprint density at radius 2 is 2.00 bits per heavy atom. The summed E-state index contributed by atoms with van der Waals surface area (Å²) in [7, 11) is 0. The van der Waals surface area contributed by atoms with Gasteiger partial charge in [-0.15, -0.1) is 0 Å². The molecule has 23 heavy (non-hydrogen) atoms. The Balaban J connectivity index is 2.51. The van der Waals surface area contributed by atoms with Gasteiger partial charge in [0, 0.05) is 10.6 Å². The van der Waals surface area contributed by atoms with Gasteiger partial charge in [-0.25, -0.2) is 9.59 Å². The number of nitrogens with one attached hydrogen (secondary N) is 1. The van der Waals surface area contributed by atoms with Crippen molar-refractivity contribution in [3.8, 4) is 6.07 Å². The number of nitriles is 1. The van der Waals surface area contributed by atoms with Gasteiger partial charge in [-0.2, -0.15) is 5.26 Å². The molecule has 1 rings (SSSR count). The molecule has 0 spiro atoms. The van der Waals surface area contributed by atoms with Crippen molar-refractivity contribution in [3.63, 3.8) is 0 Å². The van der Waals surface area contributed by atoms with E-state index < -0.39 is 24.2 Å². The van der Waals surface area contributed by atoms with Crippen LogP contribution in [0.4, 0.5) is 10.5 Å². The molecule has 0 radical (unpaired) electrons. The van der Waals surface area contributed by atoms with Crippen molar-refractivity contribution in [2.45, 2.75) is 26.0 Å². The minimum atomic E-state index is -1.32. The highest BCUT2D eigenvalue weighted by Crippen LogP contribution is 2.14. The third-order valence-corrected chi connectivity index (χ3v) is 2.66. The molecular formula is C14H15N5O4. The summed E-state index contributed by atoms with van der Waals surface area (Å²) >= 11 is 0. The lowest BCUT2D eigenvalue weighted by Crippen LogP contribution is -2.50. The van der Waals surface area contributed by atoms with Gasteiger partial charge in [0.2, 0.25) is 0 Å². The topological polar surface area (TPSA) is 137 Å². The molecule has 1 aromatic carbocycles. The van der Waals surface area contributed by atoms with Crippen LogP contribution in [0, 0.1) is 11.3 Å². The molecule has 0 unspecified atom stereocenters. The van der Waals surface area contributed by atoms with Gasteiger partial charge in [0.05, 0.1) is 0 Å². The average molecular weight is 317 g/mol. The van der Waals surface area contributed by atoms with E-state index in [1.165, 1.54) is 13.8 Å². The number of nitrogens with zero attached hydrogens (tertiary/aromatic N) is 4. The van der Waals surface area contributed by atoms with Crippen molar-refractivity contribution in [1.82, 2.24) is 5.32 Å². The predicted molar refractivity (Wildman–Crippen MR) is 79.2 cm³/mol. The van der Waals surface area contributed by atoms with E-state index in [2.05, 4.69) is 20.1 Å². The SMILES string of the molecule is CC(C)(NC(=O)OCc1ccc(N=[N+]=[N-])cc1)C(=O)OCC#N. The molecule has 120 valence electrons. The van der Waals surface area contributed by atoms with Crippen LogP contribution >= 0.6 is 0 Å². The molecule has 0 saturated heterocycles. The number of carbonyl (C=O) groups is 2. The second-order valence-electron chi connectivity index (χ2n) is 4.92. The van der Waals surface area contributed by atoms with Crippen molar-refractivity contribution < 1.29 is 19.1 Å². The zero-order valence-corrected chi connectivity index (χ0v) is 12.6. The zero-order chi connectivity index (χ0) is 17.3. The molecule has 9 nitrogen and oxygen atoms in total. The van der Waals surface area contributed by atoms with E-state index in [9.17, 15) is 9.59 Å². The second kappa shape index (κ2) is 8.26. The molecule has 0 aliphatic heterocycles. The van der Waals surface area contributed by atoms with E-state index in [0.717, 1.165) is 0 Å². The standard InChI is InChI=1S/C14H15N5O4/c1-14(2,12(20)22-8-7-15)17-13(21)23-9-10-3-5-11(6-4-10)18-19-16/h3-6H,8-9H2,1-2H3,(H,17,21). The van der Waals surface area contributed by atoms with E-state index in [4.69, 9.17) is 15.5 Å². The van der Waals surface area contributed by atoms with Gasteiger partial charge in [0.15, 0.2) is 6.61 Å². The first-order valence-corrected chi connectivity index (χ1v) is 6.52. The minimum absolute atomic E-state index is 0.0221. The first-order valence-electron chi connectivity index (χ1n) is 6.52. The molecule has 1 amide bonds. The molecule has 9 heteroatoms. The molecule has 1 N–H and O–H groups in total. The molecule has 0 saturated carbocycles. The van der Waals surface area contributed by atoms with E-state index in [1.807, 2.05) is 0 Å². The number of azide groups is 1. The number of ether oxygens (including phenoxy) is 2. The molecule has 0 heterocycles. The lowest BCUT2D eigenvalue weighted by molar-refractivity contribution is -0.148. The summed E-state index contributed by atoms with van der Waals surface area (Å²) in [5.74, 6) is -0.741. The van der Waals surface area contributed by atoms with E-state index >= 15 is 0 Å². The first kappa shape index (κ1) is 17.8. The number of rotatable bonds is 6. The van der Waals surface area contributed by atoms with Crippen molar-refractivity contribution in [1.29, 1.82) is 5.26 Å². The Morgan fingerprint density at radius 1 is 1.35 bits per heavy atom. The molecular weight excluding hydrogens is 302 g/mol. The molecule has 0 atom stereocenters. The average Bonchev–Trinajstić information content (AvgIpc) is 2.51. The van der Waals surface area contributed by atoms with Crippen molar-refractivity contribution in [2.24, 2.45) is 5.11 Å². The maximum atomic E-state index is 11.7. The fourth-order valence-corrected chi connectivity index (χ4v) is 1.48. The molecule has 0 aromatic heterocycles. The van der Waals surface area contributed by atoms with Gasteiger partial charge in [-0.05, 0) is 24.9 Å². The van der Waals surface area contributed by atoms with Gasteiger partial charge in [0.25, 0.3) is 0 Å². The van der Waals surface area contributed by atoms with E-state index in [0.29, 0.717) is 11.3 Å². The monoisotopic (exact) mass is 317 g/mol. The summed E-state index contributed by atoms with van der Waals surface area (Å²) in [5, 5.41) is 14.1. The van der Waals surface area contributed by atoms with Crippen LogP contribution in [0.3, 0.4) is 0 Å². The van der Waals surface area contributed by atoms with Crippen LogP contribution < -0.4 is 5.32 Å². The second-order valence-corrected chi connectivity index (χ2v) is 4.92. The van der Waals surface area contributed by atoms with Crippen molar-refractivity contribution in [2.75, 3.05) is 6.61 Å². The number of amides is 1. The van der Waals surface area contributed by atoms with Gasteiger partial charge < -0.3 is 14.8 Å². The maximum Gasteiger partial charge on any atom is 0.408 e. The number of esters is 1. The Bertz CT molecular complexity index is 657. The highest BCUT2D eigenvalue weighted by atomic mass is 16.6. The van der Waals surface area contributed by atoms with E-state index in [1.54, 1.807) is 30.3 Å². The van der Waals surface area contributed by atoms with Gasteiger partial charge >= 0.3 is 12.1 Å². The zero-order valence-electron chi connectivity index (χ0n) is 12.6. The summed E-state index contributed by atoms with van der Waals surface area (Å²) in [4.78, 5) is 26.0. The number of hydrogen-bond acceptors (Lipinski definition) is 6. The lowest BCUT2D eigenvalue weighted by Gasteiger charge is -2.22. The first-order chi connectivity index (χ1) is 10.9. The van der Waals surface area contributed by atoms with Crippen LogP contribution in [0.5, 0.6) is 0 Å². The summed E-state index contributed by atoms with van der Waals surface area (Å²) in [5.41, 5.74) is 8.11. The van der Waals surface area contributed by atoms with Crippen LogP contribution in [0.2, 0.25) is 0 Å². The van der Waals surface area contributed by atoms with Crippen LogP contribution in [0.1, 0.15) is 19.4 Å². The number of alkyl carbamates (subject to hydrolysis) is 1. The summed E-state index contributed by atoms with van der Waals surface area (Å²) < 4.78 is 9.64. The Morgan fingerprint density at radius 3 is 2.57 bits per heavy atom. The highest BCUT2D eigenvalue weighted by molar-refractivity contribution is 5.84. The molecule has 0 aliphatic rings. The Labute approximate surface area is 132 Å². The fraction of sp³-hybridized carbons (Fsp3) is 0.357. The molecule has 1 aromatic rings. The summed E-state index contributed by atoms with van der Waals surface area (Å²) in [6.07, 6.45) is -0.803. The quantitative estimate of drug-likeness (QED) is 0.372. The van der Waals surface area contributed by atoms with Gasteiger partial charge in [-0.1, -0.05) is 29.4 Å². The smallest absolute Gasteiger partial charge is 0.408 e. The number of hydrogen-bond donors (Lipinski definition) is 1. The maximum absolute atomic E-state index is 11.7. The van der Waals surface area contributed by atoms with Gasteiger partial charge in [-0.3, -0.25) is 0 Å². The molecule has 0 fully saturated rings. The third-order valence-electron chi connectivity index (χ3n) is 2.66. The van der Waals surface area contributed by atoms with Crippen LogP contribution in [-0.2, 0) is 20.9 Å². The van der Waals surface area contributed by atoms with Crippen molar-refractivity contribution >= 4 is 17.7 Å².